The van der Waals surface area contributed by atoms with Crippen LogP contribution in [0.4, 0.5) is 8.78 Å². The summed E-state index contributed by atoms with van der Waals surface area (Å²) in [5.41, 5.74) is 0.0378. The Labute approximate surface area is 144 Å². The first-order chi connectivity index (χ1) is 12.1. The van der Waals surface area contributed by atoms with Crippen molar-refractivity contribution in [1.82, 2.24) is 14.9 Å². The van der Waals surface area contributed by atoms with E-state index >= 15 is 0 Å². The van der Waals surface area contributed by atoms with Gasteiger partial charge < -0.3 is 9.64 Å². The second kappa shape index (κ2) is 7.83. The molecule has 1 unspecified atom stereocenters. The average molecular weight is 345 g/mol. The van der Waals surface area contributed by atoms with Crippen molar-refractivity contribution >= 4 is 12.0 Å². The van der Waals surface area contributed by atoms with Crippen molar-refractivity contribution in [3.63, 3.8) is 0 Å². The van der Waals surface area contributed by atoms with Crippen molar-refractivity contribution in [3.8, 4) is 6.01 Å². The standard InChI is InChI=1S/C18H17F2N3O2/c19-14-5-6-16(20)13(11-14)4-7-17(24)23-10-1-3-15(12-23)25-18-21-8-2-9-22-18/h2,4-9,11,15H,1,3,10,12H2/b7-4+. The summed E-state index contributed by atoms with van der Waals surface area (Å²) < 4.78 is 32.4. The van der Waals surface area contributed by atoms with E-state index in [1.54, 1.807) is 23.4 Å². The van der Waals surface area contributed by atoms with E-state index in [4.69, 9.17) is 4.74 Å². The van der Waals surface area contributed by atoms with Gasteiger partial charge in [0.25, 0.3) is 0 Å². The van der Waals surface area contributed by atoms with Crippen LogP contribution in [0.2, 0.25) is 0 Å². The van der Waals surface area contributed by atoms with E-state index in [0.29, 0.717) is 13.1 Å². The number of carbonyl (C=O) groups is 1. The lowest BCUT2D eigenvalue weighted by atomic mass is 10.1. The monoisotopic (exact) mass is 345 g/mol. The third kappa shape index (κ3) is 4.59. The maximum atomic E-state index is 13.6. The summed E-state index contributed by atoms with van der Waals surface area (Å²) in [5, 5.41) is 0. The van der Waals surface area contributed by atoms with Gasteiger partial charge >= 0.3 is 6.01 Å². The maximum Gasteiger partial charge on any atom is 0.316 e. The number of carbonyl (C=O) groups excluding carboxylic acids is 1. The summed E-state index contributed by atoms with van der Waals surface area (Å²) in [6.07, 6.45) is 7.09. The second-order valence-electron chi connectivity index (χ2n) is 5.70. The van der Waals surface area contributed by atoms with E-state index in [0.717, 1.165) is 31.0 Å². The smallest absolute Gasteiger partial charge is 0.316 e. The van der Waals surface area contributed by atoms with Crippen LogP contribution < -0.4 is 4.74 Å². The summed E-state index contributed by atoms with van der Waals surface area (Å²) in [5.74, 6) is -1.40. The van der Waals surface area contributed by atoms with Gasteiger partial charge in [-0.25, -0.2) is 18.7 Å². The van der Waals surface area contributed by atoms with Crippen LogP contribution in [0.25, 0.3) is 6.08 Å². The van der Waals surface area contributed by atoms with Crippen LogP contribution in [0.15, 0.2) is 42.7 Å². The largest absolute Gasteiger partial charge is 0.458 e. The molecule has 3 rings (SSSR count). The van der Waals surface area contributed by atoms with Crippen molar-refractivity contribution in [3.05, 3.63) is 59.9 Å². The quantitative estimate of drug-likeness (QED) is 0.800. The lowest BCUT2D eigenvalue weighted by molar-refractivity contribution is -0.128. The van der Waals surface area contributed by atoms with Crippen LogP contribution in [0, 0.1) is 11.6 Å². The Bertz CT molecular complexity index is 768. The molecular formula is C18H17F2N3O2. The van der Waals surface area contributed by atoms with Crippen LogP contribution in [0.5, 0.6) is 6.01 Å². The predicted octanol–water partition coefficient (Wildman–Crippen LogP) is 2.84. The van der Waals surface area contributed by atoms with E-state index in [1.165, 1.54) is 12.2 Å². The SMILES string of the molecule is O=C(/C=C/c1cc(F)ccc1F)N1CCCC(Oc2ncccn2)C1. The van der Waals surface area contributed by atoms with E-state index in [1.807, 2.05) is 0 Å². The fourth-order valence-corrected chi connectivity index (χ4v) is 2.64. The number of likely N-dealkylation sites (tertiary alicyclic amines) is 1. The number of amides is 1. The van der Waals surface area contributed by atoms with E-state index in [2.05, 4.69) is 9.97 Å². The molecule has 0 N–H and O–H groups in total. The number of rotatable bonds is 4. The molecule has 2 heterocycles. The Kier molecular flexibility index (Phi) is 5.33. The number of ether oxygens (including phenoxy) is 1. The molecule has 1 amide bonds. The fourth-order valence-electron chi connectivity index (χ4n) is 2.64. The minimum atomic E-state index is -0.577. The summed E-state index contributed by atoms with van der Waals surface area (Å²) in [6, 6.07) is 5.09. The van der Waals surface area contributed by atoms with Crippen molar-refractivity contribution in [2.75, 3.05) is 13.1 Å². The van der Waals surface area contributed by atoms with Crippen molar-refractivity contribution < 1.29 is 18.3 Å². The zero-order valence-electron chi connectivity index (χ0n) is 13.4. The van der Waals surface area contributed by atoms with Gasteiger partial charge in [0, 0.05) is 30.6 Å². The highest BCUT2D eigenvalue weighted by Crippen LogP contribution is 2.16. The number of halogens is 2. The molecule has 0 aliphatic carbocycles. The number of benzene rings is 1. The van der Waals surface area contributed by atoms with Crippen molar-refractivity contribution in [2.24, 2.45) is 0 Å². The first-order valence-electron chi connectivity index (χ1n) is 7.97. The lowest BCUT2D eigenvalue weighted by Crippen LogP contribution is -2.43. The molecule has 0 spiro atoms. The second-order valence-corrected chi connectivity index (χ2v) is 5.70. The number of nitrogens with zero attached hydrogens (tertiary/aromatic N) is 3. The van der Waals surface area contributed by atoms with Gasteiger partial charge in [0.2, 0.25) is 5.91 Å². The number of hydrogen-bond acceptors (Lipinski definition) is 4. The van der Waals surface area contributed by atoms with Crippen LogP contribution in [0.1, 0.15) is 18.4 Å². The van der Waals surface area contributed by atoms with Crippen LogP contribution >= 0.6 is 0 Å². The first-order valence-corrected chi connectivity index (χ1v) is 7.97. The molecule has 2 aromatic rings. The summed E-state index contributed by atoms with van der Waals surface area (Å²) in [7, 11) is 0. The average Bonchev–Trinajstić information content (AvgIpc) is 2.63. The highest BCUT2D eigenvalue weighted by Gasteiger charge is 2.24. The lowest BCUT2D eigenvalue weighted by Gasteiger charge is -2.31. The molecule has 130 valence electrons. The molecule has 1 aliphatic rings. The molecule has 1 saturated heterocycles. The molecule has 7 heteroatoms. The van der Waals surface area contributed by atoms with E-state index < -0.39 is 11.6 Å². The highest BCUT2D eigenvalue weighted by molar-refractivity contribution is 5.91. The number of piperidine rings is 1. The third-order valence-electron chi connectivity index (χ3n) is 3.87. The van der Waals surface area contributed by atoms with Gasteiger partial charge in [0.05, 0.1) is 6.54 Å². The van der Waals surface area contributed by atoms with Gasteiger partial charge in [-0.05, 0) is 43.2 Å². The Morgan fingerprint density at radius 3 is 2.88 bits per heavy atom. The summed E-state index contributed by atoms with van der Waals surface area (Å²) in [4.78, 5) is 21.9. The molecule has 1 aliphatic heterocycles. The van der Waals surface area contributed by atoms with Crippen LogP contribution in [0.3, 0.4) is 0 Å². The van der Waals surface area contributed by atoms with Crippen LogP contribution in [-0.2, 0) is 4.79 Å². The Morgan fingerprint density at radius 1 is 1.28 bits per heavy atom. The number of hydrogen-bond donors (Lipinski definition) is 0. The maximum absolute atomic E-state index is 13.6. The Hall–Kier alpha value is -2.83. The van der Waals surface area contributed by atoms with Gasteiger partial charge in [-0.2, -0.15) is 0 Å². The van der Waals surface area contributed by atoms with Gasteiger partial charge in [-0.1, -0.05) is 0 Å². The third-order valence-corrected chi connectivity index (χ3v) is 3.87. The first kappa shape index (κ1) is 17.0. The molecule has 0 radical (unpaired) electrons. The zero-order valence-corrected chi connectivity index (χ0v) is 13.4. The summed E-state index contributed by atoms with van der Waals surface area (Å²) >= 11 is 0. The molecule has 0 bridgehead atoms. The van der Waals surface area contributed by atoms with Gasteiger partial charge in [0.1, 0.15) is 17.7 Å². The molecule has 25 heavy (non-hydrogen) atoms. The highest BCUT2D eigenvalue weighted by atomic mass is 19.1. The molecule has 1 atom stereocenters. The van der Waals surface area contributed by atoms with Crippen molar-refractivity contribution in [2.45, 2.75) is 18.9 Å². The molecule has 1 aromatic heterocycles. The Balaban J connectivity index is 1.61. The van der Waals surface area contributed by atoms with E-state index in [-0.39, 0.29) is 23.6 Å². The van der Waals surface area contributed by atoms with Crippen LogP contribution in [-0.4, -0.2) is 40.0 Å². The molecule has 1 aromatic carbocycles. The fraction of sp³-hybridized carbons (Fsp3) is 0.278. The number of aromatic nitrogens is 2. The summed E-state index contributed by atoms with van der Waals surface area (Å²) in [6.45, 7) is 0.984. The predicted molar refractivity (Wildman–Crippen MR) is 87.7 cm³/mol. The molecule has 1 fully saturated rings. The van der Waals surface area contributed by atoms with Gasteiger partial charge in [-0.3, -0.25) is 4.79 Å². The van der Waals surface area contributed by atoms with E-state index in [9.17, 15) is 13.6 Å². The molecule has 5 nitrogen and oxygen atoms in total. The van der Waals surface area contributed by atoms with Gasteiger partial charge in [0.15, 0.2) is 0 Å². The van der Waals surface area contributed by atoms with Crippen molar-refractivity contribution in [1.29, 1.82) is 0 Å². The Morgan fingerprint density at radius 2 is 2.08 bits per heavy atom. The zero-order chi connectivity index (χ0) is 17.6. The minimum absolute atomic E-state index is 0.0378. The topological polar surface area (TPSA) is 55.3 Å². The van der Waals surface area contributed by atoms with Gasteiger partial charge in [-0.15, -0.1) is 0 Å². The molecular weight excluding hydrogens is 328 g/mol. The normalized spacial score (nSPS) is 17.7. The minimum Gasteiger partial charge on any atom is -0.458 e. The molecule has 0 saturated carbocycles.